The maximum absolute atomic E-state index is 10.6. The number of nitrogens with zero attached hydrogens (tertiary/aromatic N) is 1. The molecule has 0 aromatic heterocycles. The third kappa shape index (κ3) is 7.14. The van der Waals surface area contributed by atoms with E-state index < -0.39 is 5.97 Å². The predicted octanol–water partition coefficient (Wildman–Crippen LogP) is 3.06. The van der Waals surface area contributed by atoms with Gasteiger partial charge >= 0.3 is 5.97 Å². The smallest absolute Gasteiger partial charge is 0.307 e. The molecular weight excluding hydrogens is 266 g/mol. The molecule has 0 saturated heterocycles. The Morgan fingerprint density at radius 3 is 2.29 bits per heavy atom. The number of carbonyl (C=O) groups is 1. The summed E-state index contributed by atoms with van der Waals surface area (Å²) < 4.78 is 5.74. The highest BCUT2D eigenvalue weighted by atomic mass is 16.5. The second kappa shape index (κ2) is 8.67. The number of hydrogen-bond donors (Lipinski definition) is 1. The molecule has 4 heteroatoms. The van der Waals surface area contributed by atoms with E-state index in [0.717, 1.165) is 24.4 Å². The Labute approximate surface area is 127 Å². The lowest BCUT2D eigenvalue weighted by atomic mass is 10.1. The van der Waals surface area contributed by atoms with Gasteiger partial charge in [0.2, 0.25) is 0 Å². The zero-order valence-corrected chi connectivity index (χ0v) is 13.5. The van der Waals surface area contributed by atoms with Gasteiger partial charge in [0.05, 0.1) is 6.42 Å². The largest absolute Gasteiger partial charge is 0.492 e. The first-order valence-electron chi connectivity index (χ1n) is 7.56. The van der Waals surface area contributed by atoms with Crippen LogP contribution in [0.2, 0.25) is 0 Å². The normalized spacial score (nSPS) is 11.4. The van der Waals surface area contributed by atoms with Crippen molar-refractivity contribution < 1.29 is 14.6 Å². The number of benzene rings is 1. The molecule has 0 amide bonds. The number of ether oxygens (including phenoxy) is 1. The van der Waals surface area contributed by atoms with Crippen molar-refractivity contribution in [2.24, 2.45) is 5.92 Å². The van der Waals surface area contributed by atoms with Crippen molar-refractivity contribution in [3.8, 4) is 5.75 Å². The Hall–Kier alpha value is -1.55. The van der Waals surface area contributed by atoms with E-state index in [0.29, 0.717) is 18.6 Å². The summed E-state index contributed by atoms with van der Waals surface area (Å²) in [6.07, 6.45) is 0.0514. The molecule has 0 aliphatic rings. The van der Waals surface area contributed by atoms with Crippen molar-refractivity contribution in [1.29, 1.82) is 0 Å². The van der Waals surface area contributed by atoms with Gasteiger partial charge in [0.1, 0.15) is 12.4 Å². The van der Waals surface area contributed by atoms with Crippen LogP contribution in [0, 0.1) is 5.92 Å². The Morgan fingerprint density at radius 1 is 1.19 bits per heavy atom. The Balaban J connectivity index is 2.42. The summed E-state index contributed by atoms with van der Waals surface area (Å²) in [6, 6.07) is 7.78. The SMILES string of the molecule is CC(C)CN(CCOc1ccc(CC(=O)O)cc1)C(C)C. The van der Waals surface area contributed by atoms with Gasteiger partial charge < -0.3 is 9.84 Å². The molecule has 0 saturated carbocycles. The maximum Gasteiger partial charge on any atom is 0.307 e. The summed E-state index contributed by atoms with van der Waals surface area (Å²) in [5.74, 6) is 0.616. The minimum absolute atomic E-state index is 0.0514. The van der Waals surface area contributed by atoms with Crippen LogP contribution in [0.4, 0.5) is 0 Å². The summed E-state index contributed by atoms with van der Waals surface area (Å²) in [5.41, 5.74) is 0.790. The lowest BCUT2D eigenvalue weighted by Crippen LogP contribution is -2.37. The Kier molecular flexibility index (Phi) is 7.23. The molecule has 4 nitrogen and oxygen atoms in total. The van der Waals surface area contributed by atoms with Gasteiger partial charge in [-0.05, 0) is 37.5 Å². The number of carboxylic acid groups (broad SMARTS) is 1. The van der Waals surface area contributed by atoms with E-state index in [4.69, 9.17) is 9.84 Å². The molecule has 0 atom stereocenters. The van der Waals surface area contributed by atoms with Crippen LogP contribution < -0.4 is 4.74 Å². The van der Waals surface area contributed by atoms with Crippen LogP contribution in [0.3, 0.4) is 0 Å². The first-order chi connectivity index (χ1) is 9.88. The quantitative estimate of drug-likeness (QED) is 0.760. The second-order valence-electron chi connectivity index (χ2n) is 6.05. The lowest BCUT2D eigenvalue weighted by molar-refractivity contribution is -0.136. The number of carboxylic acids is 1. The average Bonchev–Trinajstić information content (AvgIpc) is 2.38. The van der Waals surface area contributed by atoms with Gasteiger partial charge in [0, 0.05) is 19.1 Å². The molecule has 0 aliphatic heterocycles. The van der Waals surface area contributed by atoms with E-state index in [2.05, 4.69) is 32.6 Å². The van der Waals surface area contributed by atoms with E-state index in [1.165, 1.54) is 0 Å². The monoisotopic (exact) mass is 293 g/mol. The van der Waals surface area contributed by atoms with Gasteiger partial charge in [-0.3, -0.25) is 9.69 Å². The van der Waals surface area contributed by atoms with Crippen LogP contribution in [-0.4, -0.2) is 41.7 Å². The highest BCUT2D eigenvalue weighted by Gasteiger charge is 2.11. The van der Waals surface area contributed by atoms with Gasteiger partial charge in [-0.15, -0.1) is 0 Å². The molecule has 21 heavy (non-hydrogen) atoms. The van der Waals surface area contributed by atoms with E-state index in [1.54, 1.807) is 12.1 Å². The molecule has 1 aromatic rings. The van der Waals surface area contributed by atoms with E-state index in [1.807, 2.05) is 12.1 Å². The van der Waals surface area contributed by atoms with Gasteiger partial charge in [-0.1, -0.05) is 26.0 Å². The highest BCUT2D eigenvalue weighted by Crippen LogP contribution is 2.13. The highest BCUT2D eigenvalue weighted by molar-refractivity contribution is 5.70. The summed E-state index contributed by atoms with van der Waals surface area (Å²) in [7, 11) is 0. The fourth-order valence-electron chi connectivity index (χ4n) is 2.19. The van der Waals surface area contributed by atoms with Crippen LogP contribution in [0.1, 0.15) is 33.3 Å². The standard InChI is InChI=1S/C17H27NO3/c1-13(2)12-18(14(3)4)9-10-21-16-7-5-15(6-8-16)11-17(19)20/h5-8,13-14H,9-12H2,1-4H3,(H,19,20). The second-order valence-corrected chi connectivity index (χ2v) is 6.05. The van der Waals surface area contributed by atoms with Crippen LogP contribution in [0.25, 0.3) is 0 Å². The number of hydrogen-bond acceptors (Lipinski definition) is 3. The summed E-state index contributed by atoms with van der Waals surface area (Å²) in [4.78, 5) is 13.0. The molecule has 118 valence electrons. The van der Waals surface area contributed by atoms with Crippen molar-refractivity contribution in [2.75, 3.05) is 19.7 Å². The van der Waals surface area contributed by atoms with Crippen LogP contribution in [0.5, 0.6) is 5.75 Å². The average molecular weight is 293 g/mol. The fraction of sp³-hybridized carbons (Fsp3) is 0.588. The third-order valence-electron chi connectivity index (χ3n) is 3.26. The molecule has 0 radical (unpaired) electrons. The topological polar surface area (TPSA) is 49.8 Å². The molecular formula is C17H27NO3. The molecule has 1 N–H and O–H groups in total. The van der Waals surface area contributed by atoms with Crippen molar-refractivity contribution >= 4 is 5.97 Å². The van der Waals surface area contributed by atoms with Crippen LogP contribution in [0.15, 0.2) is 24.3 Å². The number of rotatable bonds is 9. The molecule has 0 unspecified atom stereocenters. The minimum Gasteiger partial charge on any atom is -0.492 e. The molecule has 0 aliphatic carbocycles. The lowest BCUT2D eigenvalue weighted by Gasteiger charge is -2.28. The van der Waals surface area contributed by atoms with Crippen molar-refractivity contribution in [2.45, 2.75) is 40.2 Å². The van der Waals surface area contributed by atoms with Gasteiger partial charge in [0.15, 0.2) is 0 Å². The molecule has 0 spiro atoms. The first kappa shape index (κ1) is 17.5. The molecule has 0 heterocycles. The van der Waals surface area contributed by atoms with E-state index in [-0.39, 0.29) is 6.42 Å². The zero-order chi connectivity index (χ0) is 15.8. The summed E-state index contributed by atoms with van der Waals surface area (Å²) in [5, 5.41) is 8.73. The van der Waals surface area contributed by atoms with Crippen molar-refractivity contribution in [1.82, 2.24) is 4.90 Å². The van der Waals surface area contributed by atoms with Crippen molar-refractivity contribution in [3.63, 3.8) is 0 Å². The fourth-order valence-corrected chi connectivity index (χ4v) is 2.19. The minimum atomic E-state index is -0.815. The zero-order valence-electron chi connectivity index (χ0n) is 13.5. The Bertz CT molecular complexity index is 426. The van der Waals surface area contributed by atoms with Crippen LogP contribution in [-0.2, 0) is 11.2 Å². The van der Waals surface area contributed by atoms with E-state index >= 15 is 0 Å². The Morgan fingerprint density at radius 2 is 1.81 bits per heavy atom. The van der Waals surface area contributed by atoms with Gasteiger partial charge in [-0.2, -0.15) is 0 Å². The van der Waals surface area contributed by atoms with Gasteiger partial charge in [-0.25, -0.2) is 0 Å². The molecule has 1 aromatic carbocycles. The summed E-state index contributed by atoms with van der Waals surface area (Å²) in [6.45, 7) is 11.4. The molecule has 0 bridgehead atoms. The van der Waals surface area contributed by atoms with E-state index in [9.17, 15) is 4.79 Å². The van der Waals surface area contributed by atoms with Gasteiger partial charge in [0.25, 0.3) is 0 Å². The van der Waals surface area contributed by atoms with Crippen LogP contribution >= 0.6 is 0 Å². The summed E-state index contributed by atoms with van der Waals surface area (Å²) >= 11 is 0. The number of aliphatic carboxylic acids is 1. The van der Waals surface area contributed by atoms with Crippen molar-refractivity contribution in [3.05, 3.63) is 29.8 Å². The predicted molar refractivity (Wildman–Crippen MR) is 84.8 cm³/mol. The maximum atomic E-state index is 10.6. The molecule has 1 rings (SSSR count). The first-order valence-corrected chi connectivity index (χ1v) is 7.56. The molecule has 0 fully saturated rings. The third-order valence-corrected chi connectivity index (χ3v) is 3.26.